The molecule has 0 atom stereocenters. The van der Waals surface area contributed by atoms with Crippen molar-refractivity contribution >= 4 is 34.5 Å². The summed E-state index contributed by atoms with van der Waals surface area (Å²) < 4.78 is 5.57. The first-order valence-electron chi connectivity index (χ1n) is 9.90. The second-order valence-electron chi connectivity index (χ2n) is 6.98. The molecule has 31 heavy (non-hydrogen) atoms. The number of amides is 1. The molecule has 2 N–H and O–H groups in total. The van der Waals surface area contributed by atoms with Crippen molar-refractivity contribution in [1.29, 1.82) is 0 Å². The molecule has 0 spiro atoms. The summed E-state index contributed by atoms with van der Waals surface area (Å²) in [6.07, 6.45) is 1.70. The number of ether oxygens (including phenoxy) is 1. The Morgan fingerprint density at radius 1 is 0.968 bits per heavy atom. The van der Waals surface area contributed by atoms with Crippen molar-refractivity contribution in [1.82, 2.24) is 4.98 Å². The van der Waals surface area contributed by atoms with Crippen LogP contribution >= 0.6 is 0 Å². The third kappa shape index (κ3) is 5.45. The summed E-state index contributed by atoms with van der Waals surface area (Å²) in [5, 5.41) is 8.17. The maximum absolute atomic E-state index is 12.1. The first-order chi connectivity index (χ1) is 15.2. The van der Waals surface area contributed by atoms with Crippen LogP contribution in [0.4, 0.5) is 11.5 Å². The summed E-state index contributed by atoms with van der Waals surface area (Å²) >= 11 is 0. The lowest BCUT2D eigenvalue weighted by Gasteiger charge is -2.09. The van der Waals surface area contributed by atoms with E-state index in [1.165, 1.54) is 0 Å². The number of para-hydroxylation sites is 2. The second kappa shape index (κ2) is 9.54. The summed E-state index contributed by atoms with van der Waals surface area (Å²) in [4.78, 5) is 16.6. The number of hydrogen-bond acceptors (Lipinski definition) is 5. The molecule has 4 aromatic rings. The lowest BCUT2D eigenvalue weighted by molar-refractivity contribution is -0.118. The molecule has 1 aromatic heterocycles. The van der Waals surface area contributed by atoms with E-state index in [1.807, 2.05) is 79.7 Å². The van der Waals surface area contributed by atoms with E-state index < -0.39 is 0 Å². The molecule has 0 saturated carbocycles. The zero-order valence-electron chi connectivity index (χ0n) is 17.1. The van der Waals surface area contributed by atoms with Crippen molar-refractivity contribution in [3.63, 3.8) is 0 Å². The molecule has 0 saturated heterocycles. The fraction of sp³-hybridized carbons (Fsp3) is 0.0800. The largest absolute Gasteiger partial charge is 0.484 e. The van der Waals surface area contributed by atoms with Crippen molar-refractivity contribution in [2.45, 2.75) is 6.92 Å². The summed E-state index contributed by atoms with van der Waals surface area (Å²) in [7, 11) is 0. The van der Waals surface area contributed by atoms with Gasteiger partial charge >= 0.3 is 0 Å². The molecule has 1 heterocycles. The normalized spacial score (nSPS) is 10.9. The fourth-order valence-corrected chi connectivity index (χ4v) is 3.00. The maximum atomic E-state index is 12.1. The summed E-state index contributed by atoms with van der Waals surface area (Å²) in [5.74, 6) is 1.09. The monoisotopic (exact) mass is 410 g/mol. The number of carbonyl (C=O) groups excluding carboxylic acids is 1. The van der Waals surface area contributed by atoms with Gasteiger partial charge in [-0.3, -0.25) is 10.2 Å². The number of aromatic nitrogens is 1. The number of pyridine rings is 1. The highest BCUT2D eigenvalue weighted by Crippen LogP contribution is 2.16. The minimum Gasteiger partial charge on any atom is -0.484 e. The number of benzene rings is 3. The molecular formula is C25H22N4O2. The van der Waals surface area contributed by atoms with E-state index >= 15 is 0 Å². The lowest BCUT2D eigenvalue weighted by atomic mass is 10.2. The quantitative estimate of drug-likeness (QED) is 0.332. The van der Waals surface area contributed by atoms with Crippen LogP contribution in [0.2, 0.25) is 0 Å². The van der Waals surface area contributed by atoms with Crippen LogP contribution in [0.3, 0.4) is 0 Å². The highest BCUT2D eigenvalue weighted by molar-refractivity contribution is 5.92. The topological polar surface area (TPSA) is 75.6 Å². The van der Waals surface area contributed by atoms with Gasteiger partial charge in [0.15, 0.2) is 6.61 Å². The van der Waals surface area contributed by atoms with Gasteiger partial charge in [0.2, 0.25) is 0 Å². The predicted molar refractivity (Wildman–Crippen MR) is 125 cm³/mol. The van der Waals surface area contributed by atoms with E-state index in [9.17, 15) is 4.79 Å². The Morgan fingerprint density at radius 2 is 1.74 bits per heavy atom. The number of anilines is 2. The van der Waals surface area contributed by atoms with Crippen LogP contribution in [0, 0.1) is 6.92 Å². The second-order valence-corrected chi connectivity index (χ2v) is 6.98. The third-order valence-electron chi connectivity index (χ3n) is 4.66. The van der Waals surface area contributed by atoms with Crippen LogP contribution in [-0.2, 0) is 4.79 Å². The maximum Gasteiger partial charge on any atom is 0.262 e. The van der Waals surface area contributed by atoms with Gasteiger partial charge in [0.05, 0.1) is 11.7 Å². The van der Waals surface area contributed by atoms with Crippen LogP contribution in [0.1, 0.15) is 11.1 Å². The Bertz CT molecular complexity index is 1220. The SMILES string of the molecule is Cc1ccccc1NC(=O)COc1ccc(/C=N\Nc2ccc3ccccc3n2)cc1. The molecule has 1 amide bonds. The van der Waals surface area contributed by atoms with Gasteiger partial charge in [0, 0.05) is 11.1 Å². The van der Waals surface area contributed by atoms with Gasteiger partial charge in [0.1, 0.15) is 11.6 Å². The number of nitrogens with one attached hydrogen (secondary N) is 2. The predicted octanol–water partition coefficient (Wildman–Crippen LogP) is 5.01. The molecule has 0 bridgehead atoms. The van der Waals surface area contributed by atoms with Crippen LogP contribution in [0.15, 0.2) is 90.0 Å². The number of hydrazone groups is 1. The zero-order valence-corrected chi connectivity index (χ0v) is 17.1. The molecule has 0 unspecified atom stereocenters. The molecule has 4 rings (SSSR count). The minimum atomic E-state index is -0.202. The highest BCUT2D eigenvalue weighted by atomic mass is 16.5. The Morgan fingerprint density at radius 3 is 2.58 bits per heavy atom. The average molecular weight is 410 g/mol. The third-order valence-corrected chi connectivity index (χ3v) is 4.66. The Kier molecular flexibility index (Phi) is 6.18. The van der Waals surface area contributed by atoms with Gasteiger partial charge in [-0.2, -0.15) is 5.10 Å². The summed E-state index contributed by atoms with van der Waals surface area (Å²) in [6, 6.07) is 26.8. The Hall–Kier alpha value is -4.19. The number of hydrogen-bond donors (Lipinski definition) is 2. The van der Waals surface area contributed by atoms with Crippen molar-refractivity contribution in [3.8, 4) is 5.75 Å². The smallest absolute Gasteiger partial charge is 0.262 e. The van der Waals surface area contributed by atoms with Gasteiger partial charge in [0.25, 0.3) is 5.91 Å². The van der Waals surface area contributed by atoms with E-state index in [-0.39, 0.29) is 12.5 Å². The van der Waals surface area contributed by atoms with Crippen molar-refractivity contribution in [2.24, 2.45) is 5.10 Å². The molecule has 0 aliphatic heterocycles. The number of rotatable bonds is 7. The molecule has 0 aliphatic rings. The van der Waals surface area contributed by atoms with E-state index in [0.717, 1.165) is 27.7 Å². The van der Waals surface area contributed by atoms with Gasteiger partial charge in [-0.25, -0.2) is 4.98 Å². The number of carbonyl (C=O) groups is 1. The summed E-state index contributed by atoms with van der Waals surface area (Å²) in [6.45, 7) is 1.89. The van der Waals surface area contributed by atoms with Crippen LogP contribution in [0.25, 0.3) is 10.9 Å². The van der Waals surface area contributed by atoms with Crippen molar-refractivity contribution < 1.29 is 9.53 Å². The number of nitrogens with zero attached hydrogens (tertiary/aromatic N) is 2. The first-order valence-corrected chi connectivity index (χ1v) is 9.90. The molecule has 0 fully saturated rings. The molecular weight excluding hydrogens is 388 g/mol. The van der Waals surface area contributed by atoms with Crippen molar-refractivity contribution in [3.05, 3.63) is 96.1 Å². The molecule has 6 nitrogen and oxygen atoms in total. The van der Waals surface area contributed by atoms with Gasteiger partial charge in [-0.05, 0) is 66.6 Å². The van der Waals surface area contributed by atoms with Crippen LogP contribution in [-0.4, -0.2) is 23.7 Å². The molecule has 3 aromatic carbocycles. The fourth-order valence-electron chi connectivity index (χ4n) is 3.00. The van der Waals surface area contributed by atoms with Crippen molar-refractivity contribution in [2.75, 3.05) is 17.3 Å². The van der Waals surface area contributed by atoms with E-state index in [0.29, 0.717) is 11.6 Å². The molecule has 0 aliphatic carbocycles. The number of fused-ring (bicyclic) bond motifs is 1. The first kappa shape index (κ1) is 20.1. The minimum absolute atomic E-state index is 0.0586. The number of aryl methyl sites for hydroxylation is 1. The standard InChI is InChI=1S/C25H22N4O2/c1-18-6-2-4-8-22(18)28-25(30)17-31-21-13-10-19(11-14-21)16-26-29-24-15-12-20-7-3-5-9-23(20)27-24/h2-16H,17H2,1H3,(H,27,29)(H,28,30)/b26-16-. The van der Waals surface area contributed by atoms with Gasteiger partial charge < -0.3 is 10.1 Å². The van der Waals surface area contributed by atoms with Crippen LogP contribution in [0.5, 0.6) is 5.75 Å². The van der Waals surface area contributed by atoms with Crippen LogP contribution < -0.4 is 15.5 Å². The summed E-state index contributed by atoms with van der Waals surface area (Å²) in [5.41, 5.74) is 6.54. The van der Waals surface area contributed by atoms with E-state index in [4.69, 9.17) is 4.74 Å². The Labute approximate surface area is 180 Å². The molecule has 0 radical (unpaired) electrons. The molecule has 6 heteroatoms. The Balaban J connectivity index is 1.28. The zero-order chi connectivity index (χ0) is 21.5. The lowest BCUT2D eigenvalue weighted by Crippen LogP contribution is -2.20. The molecule has 154 valence electrons. The van der Waals surface area contributed by atoms with E-state index in [2.05, 4.69) is 20.8 Å². The van der Waals surface area contributed by atoms with E-state index in [1.54, 1.807) is 18.3 Å². The van der Waals surface area contributed by atoms with Gasteiger partial charge in [-0.1, -0.05) is 36.4 Å². The highest BCUT2D eigenvalue weighted by Gasteiger charge is 2.05. The van der Waals surface area contributed by atoms with Gasteiger partial charge in [-0.15, -0.1) is 0 Å². The average Bonchev–Trinajstić information content (AvgIpc) is 2.80.